The summed E-state index contributed by atoms with van der Waals surface area (Å²) >= 11 is 0. The van der Waals surface area contributed by atoms with Crippen LogP contribution >= 0.6 is 0 Å². The van der Waals surface area contributed by atoms with Crippen LogP contribution < -0.4 is 0 Å². The van der Waals surface area contributed by atoms with Crippen molar-refractivity contribution in [2.24, 2.45) is 0 Å². The standard InChI is InChI=1S/C32H100O19Si20/c1-30-27-59(7)45-65(46-60(8)33-30)23-25-67(13,14)40-54-37-56-42-71(38-52-4,41-55-36-53-39-66(11,12)24-21-63-34-31(2)28-57(5)43-61(9)47-63)51-70(19,20)50-69(17,18)49-68(15,16)26-22-64-35-32(3)29-58(6)44-62(10)48-64/h30-32,57-65H,21-29,52-56H2,1-20H3. The molecule has 19 nitrogen and oxygen atoms in total. The Hall–Kier alpha value is 3.58. The third-order valence-corrected chi connectivity index (χ3v) is 72.0. The first kappa shape index (κ1) is 68.8. The van der Waals surface area contributed by atoms with Crippen molar-refractivity contribution in [1.29, 1.82) is 0 Å². The van der Waals surface area contributed by atoms with E-state index < -0.39 is 184 Å². The van der Waals surface area contributed by atoms with Crippen molar-refractivity contribution >= 4 is 184 Å². The van der Waals surface area contributed by atoms with E-state index in [2.05, 4.69) is 119 Å². The minimum Gasteiger partial charge on any atom is -0.441 e. The summed E-state index contributed by atoms with van der Waals surface area (Å²) < 4.78 is 124. The molecule has 0 N–H and O–H groups in total. The van der Waals surface area contributed by atoms with E-state index in [9.17, 15) is 0 Å². The lowest BCUT2D eigenvalue weighted by Crippen LogP contribution is -2.62. The fraction of sp³-hybridized carbons (Fsp3) is 1.00. The molecule has 0 bridgehead atoms. The van der Waals surface area contributed by atoms with Crippen LogP contribution in [0, 0.1) is 0 Å². The van der Waals surface area contributed by atoms with E-state index in [1.54, 1.807) is 0 Å². The monoisotopic (exact) mass is 1350 g/mol. The first-order valence-electron chi connectivity index (χ1n) is 26.2. The van der Waals surface area contributed by atoms with E-state index in [-0.39, 0.29) is 18.3 Å². The van der Waals surface area contributed by atoms with Gasteiger partial charge in [-0.3, -0.25) is 0 Å². The van der Waals surface area contributed by atoms with Crippen molar-refractivity contribution in [3.05, 3.63) is 0 Å². The van der Waals surface area contributed by atoms with E-state index in [1.807, 2.05) is 13.1 Å². The number of rotatable bonds is 29. The van der Waals surface area contributed by atoms with Gasteiger partial charge >= 0.3 is 63.3 Å². The zero-order valence-electron chi connectivity index (χ0n) is 47.6. The van der Waals surface area contributed by atoms with Crippen LogP contribution in [0.1, 0.15) is 20.8 Å². The lowest BCUT2D eigenvalue weighted by Gasteiger charge is -2.41. The lowest BCUT2D eigenvalue weighted by molar-refractivity contribution is 0.134. The summed E-state index contributed by atoms with van der Waals surface area (Å²) in [7, 11) is -37.3. The molecule has 3 rings (SSSR count). The second-order valence-corrected chi connectivity index (χ2v) is 75.2. The molecule has 13 atom stereocenters. The molecule has 71 heavy (non-hydrogen) atoms. The maximum atomic E-state index is 7.05. The van der Waals surface area contributed by atoms with Crippen molar-refractivity contribution in [2.45, 2.75) is 205 Å². The summed E-state index contributed by atoms with van der Waals surface area (Å²) in [6, 6.07) is 8.68. The molecule has 3 fully saturated rings. The second-order valence-electron chi connectivity index (χ2n) is 22.2. The van der Waals surface area contributed by atoms with Crippen LogP contribution in [-0.2, 0) is 79.1 Å². The van der Waals surface area contributed by atoms with Crippen molar-refractivity contribution < 1.29 is 79.1 Å². The van der Waals surface area contributed by atoms with Crippen LogP contribution in [0.15, 0.2) is 0 Å². The van der Waals surface area contributed by atoms with Crippen molar-refractivity contribution in [1.82, 2.24) is 0 Å². The molecule has 0 saturated carbocycles. The van der Waals surface area contributed by atoms with Gasteiger partial charge in [0.2, 0.25) is 0 Å². The van der Waals surface area contributed by atoms with Gasteiger partial charge in [-0.25, -0.2) is 0 Å². The maximum absolute atomic E-state index is 7.05. The quantitative estimate of drug-likeness (QED) is 0.0775. The summed E-state index contributed by atoms with van der Waals surface area (Å²) in [5.74, 6) is 0. The molecule has 0 aromatic rings. The van der Waals surface area contributed by atoms with Crippen LogP contribution in [0.2, 0.25) is 166 Å². The van der Waals surface area contributed by atoms with Crippen molar-refractivity contribution in [3.63, 3.8) is 0 Å². The van der Waals surface area contributed by atoms with Gasteiger partial charge in [0, 0.05) is 18.3 Å². The van der Waals surface area contributed by atoms with Gasteiger partial charge in [-0.2, -0.15) is 0 Å². The fourth-order valence-corrected chi connectivity index (χ4v) is 76.2. The van der Waals surface area contributed by atoms with E-state index in [0.29, 0.717) is 0 Å². The zero-order valence-corrected chi connectivity index (χ0v) is 71.0. The van der Waals surface area contributed by atoms with E-state index in [1.165, 1.54) is 0 Å². The minimum atomic E-state index is -3.77. The van der Waals surface area contributed by atoms with Gasteiger partial charge in [-0.05, 0) is 180 Å². The molecule has 0 aromatic heterocycles. The van der Waals surface area contributed by atoms with Gasteiger partial charge in [0.15, 0.2) is 61.8 Å². The number of hydrogen-bond donors (Lipinski definition) is 0. The smallest absolute Gasteiger partial charge is 0.441 e. The zero-order chi connectivity index (χ0) is 53.3. The third-order valence-electron chi connectivity index (χ3n) is 11.8. The molecule has 3 saturated heterocycles. The number of hydrogen-bond acceptors (Lipinski definition) is 19. The summed E-state index contributed by atoms with van der Waals surface area (Å²) in [5.41, 5.74) is 0. The van der Waals surface area contributed by atoms with Crippen LogP contribution in [0.5, 0.6) is 0 Å². The molecule has 39 heteroatoms. The molecule has 3 aliphatic heterocycles. The molecule has 3 aliphatic rings. The first-order valence-corrected chi connectivity index (χ1v) is 68.3. The minimum absolute atomic E-state index is 0.178. The second kappa shape index (κ2) is 32.9. The Morgan fingerprint density at radius 2 is 0.803 bits per heavy atom. The van der Waals surface area contributed by atoms with E-state index in [0.717, 1.165) is 54.4 Å². The average Bonchev–Trinajstić information content (AvgIpc) is 3.18. The highest BCUT2D eigenvalue weighted by atomic mass is 28.5. The fourth-order valence-electron chi connectivity index (χ4n) is 9.02. The Bertz CT molecular complexity index is 1400. The summed E-state index contributed by atoms with van der Waals surface area (Å²) in [5, 5.41) is 0. The van der Waals surface area contributed by atoms with Gasteiger partial charge in [0.25, 0.3) is 58.6 Å². The van der Waals surface area contributed by atoms with Gasteiger partial charge in [0.1, 0.15) is 0 Å². The molecular weight excluding hydrogens is 1250 g/mol. The molecule has 0 spiro atoms. The highest BCUT2D eigenvalue weighted by molar-refractivity contribution is 6.89. The highest BCUT2D eigenvalue weighted by Gasteiger charge is 2.52. The Morgan fingerprint density at radius 3 is 1.27 bits per heavy atom. The summed E-state index contributed by atoms with van der Waals surface area (Å²) in [4.78, 5) is 0. The highest BCUT2D eigenvalue weighted by Crippen LogP contribution is 2.29. The SMILES string of the molecule is C[SiH2]O[Si](O[SiH2]O[SiH2]O[Si](C)(C)CC[SiH]1OC(C)C[SiH](C)O[SiH](C)O1)(O[SiH2]O[SiH2]O[Si](C)(C)CC[SiH]1O[SiH](C)CC(C)O[SiH](C)O1)O[Si](C)(C)O[Si](C)(C)O[Si](C)(C)CC[SiH]1OC(C)C[SiH](C)O[SiH](C)O1. The van der Waals surface area contributed by atoms with Crippen LogP contribution in [0.4, 0.5) is 0 Å². The maximum Gasteiger partial charge on any atom is 0.640 e. The van der Waals surface area contributed by atoms with Crippen molar-refractivity contribution in [2.75, 3.05) is 0 Å². The Labute approximate surface area is 463 Å². The molecule has 13 unspecified atom stereocenters. The lowest BCUT2D eigenvalue weighted by atomic mass is 10.5. The molecule has 0 amide bonds. The molecular formula is C32H100O19Si20. The Kier molecular flexibility index (Phi) is 31.9. The Balaban J connectivity index is 1.65. The van der Waals surface area contributed by atoms with Crippen LogP contribution in [0.25, 0.3) is 0 Å². The van der Waals surface area contributed by atoms with E-state index >= 15 is 0 Å². The van der Waals surface area contributed by atoms with Gasteiger partial charge < -0.3 is 79.1 Å². The molecule has 3 heterocycles. The van der Waals surface area contributed by atoms with Crippen molar-refractivity contribution in [3.8, 4) is 0 Å². The predicted octanol–water partition coefficient (Wildman–Crippen LogP) is 1.36. The normalized spacial score (nSPS) is 32.3. The average molecular weight is 1350 g/mol. The molecule has 0 aromatic carbocycles. The topological polar surface area (TPSA) is 175 Å². The molecule has 422 valence electrons. The third kappa shape index (κ3) is 30.3. The van der Waals surface area contributed by atoms with Crippen LogP contribution in [0.3, 0.4) is 0 Å². The molecule has 0 aliphatic carbocycles. The predicted molar refractivity (Wildman–Crippen MR) is 334 cm³/mol. The van der Waals surface area contributed by atoms with Gasteiger partial charge in [-0.15, -0.1) is 0 Å². The molecule has 0 radical (unpaired) electrons. The van der Waals surface area contributed by atoms with Gasteiger partial charge in [-0.1, -0.05) is 6.55 Å². The first-order chi connectivity index (χ1) is 32.9. The Morgan fingerprint density at radius 1 is 0.423 bits per heavy atom. The largest absolute Gasteiger partial charge is 0.640 e. The van der Waals surface area contributed by atoms with Gasteiger partial charge in [0.05, 0.1) is 0 Å². The van der Waals surface area contributed by atoms with Crippen LogP contribution in [-0.4, -0.2) is 202 Å². The van der Waals surface area contributed by atoms with E-state index in [4.69, 9.17) is 79.1 Å². The summed E-state index contributed by atoms with van der Waals surface area (Å²) in [6.07, 6.45) is 0.597. The summed E-state index contributed by atoms with van der Waals surface area (Å²) in [6.45, 7) is 43.5.